The molecular formula is C14H19NO4. The number of benzene rings is 1. The molecule has 2 atom stereocenters. The van der Waals surface area contributed by atoms with Crippen LogP contribution in [-0.2, 0) is 4.79 Å². The molecule has 1 aliphatic rings. The van der Waals surface area contributed by atoms with Gasteiger partial charge in [-0.3, -0.25) is 4.79 Å². The lowest BCUT2D eigenvalue weighted by Crippen LogP contribution is -2.29. The average Bonchev–Trinajstić information content (AvgIpc) is 2.62. The van der Waals surface area contributed by atoms with Crippen LogP contribution in [0.5, 0.6) is 11.5 Å². The number of nitrogens with one attached hydrogen (secondary N) is 1. The molecule has 104 valence electrons. The summed E-state index contributed by atoms with van der Waals surface area (Å²) in [6, 6.07) is 5.41. The van der Waals surface area contributed by atoms with Crippen LogP contribution in [-0.4, -0.2) is 30.3 Å². The molecule has 1 heterocycles. The Hall–Kier alpha value is -1.91. The first-order valence-corrected chi connectivity index (χ1v) is 6.47. The summed E-state index contributed by atoms with van der Waals surface area (Å²) in [4.78, 5) is 10.9. The summed E-state index contributed by atoms with van der Waals surface area (Å²) in [6.45, 7) is 4.83. The van der Waals surface area contributed by atoms with Crippen LogP contribution in [0.25, 0.3) is 0 Å². The van der Waals surface area contributed by atoms with Crippen LogP contribution >= 0.6 is 0 Å². The SMILES string of the molecule is CC(Nc1ccc2c(c1)OCCCO2)C(C)C(=O)O. The van der Waals surface area contributed by atoms with Gasteiger partial charge in [0.05, 0.1) is 19.1 Å². The Morgan fingerprint density at radius 1 is 1.26 bits per heavy atom. The number of ether oxygens (including phenoxy) is 2. The topological polar surface area (TPSA) is 67.8 Å². The Bertz CT molecular complexity index is 461. The lowest BCUT2D eigenvalue weighted by atomic mass is 10.0. The molecule has 0 radical (unpaired) electrons. The minimum absolute atomic E-state index is 0.165. The highest BCUT2D eigenvalue weighted by Gasteiger charge is 2.19. The molecule has 5 nitrogen and oxygen atoms in total. The van der Waals surface area contributed by atoms with Crippen molar-refractivity contribution in [3.05, 3.63) is 18.2 Å². The van der Waals surface area contributed by atoms with Gasteiger partial charge in [-0.25, -0.2) is 0 Å². The van der Waals surface area contributed by atoms with E-state index < -0.39 is 11.9 Å². The zero-order valence-corrected chi connectivity index (χ0v) is 11.2. The number of rotatable bonds is 4. The molecule has 0 bridgehead atoms. The van der Waals surface area contributed by atoms with Crippen molar-refractivity contribution >= 4 is 11.7 Å². The van der Waals surface area contributed by atoms with Crippen LogP contribution in [0.3, 0.4) is 0 Å². The molecule has 1 aliphatic heterocycles. The summed E-state index contributed by atoms with van der Waals surface area (Å²) in [5.41, 5.74) is 0.838. The van der Waals surface area contributed by atoms with E-state index in [1.54, 1.807) is 6.92 Å². The maximum atomic E-state index is 10.9. The summed E-state index contributed by atoms with van der Waals surface area (Å²) >= 11 is 0. The monoisotopic (exact) mass is 265 g/mol. The van der Waals surface area contributed by atoms with Gasteiger partial charge in [0.2, 0.25) is 0 Å². The van der Waals surface area contributed by atoms with Crippen LogP contribution in [0.4, 0.5) is 5.69 Å². The summed E-state index contributed by atoms with van der Waals surface area (Å²) < 4.78 is 11.1. The first-order valence-electron chi connectivity index (χ1n) is 6.47. The van der Waals surface area contributed by atoms with Crippen LogP contribution in [0.2, 0.25) is 0 Å². The van der Waals surface area contributed by atoms with E-state index >= 15 is 0 Å². The van der Waals surface area contributed by atoms with Crippen molar-refractivity contribution in [3.8, 4) is 11.5 Å². The molecule has 0 amide bonds. The second kappa shape index (κ2) is 5.82. The van der Waals surface area contributed by atoms with Crippen LogP contribution < -0.4 is 14.8 Å². The van der Waals surface area contributed by atoms with Gasteiger partial charge in [0.25, 0.3) is 0 Å². The van der Waals surface area contributed by atoms with E-state index in [0.717, 1.165) is 17.9 Å². The smallest absolute Gasteiger partial charge is 0.308 e. The van der Waals surface area contributed by atoms with Crippen molar-refractivity contribution in [1.82, 2.24) is 0 Å². The van der Waals surface area contributed by atoms with Gasteiger partial charge >= 0.3 is 5.97 Å². The molecule has 1 aromatic carbocycles. The fourth-order valence-electron chi connectivity index (χ4n) is 1.85. The lowest BCUT2D eigenvalue weighted by molar-refractivity contribution is -0.141. The first kappa shape index (κ1) is 13.5. The quantitative estimate of drug-likeness (QED) is 0.874. The first-order chi connectivity index (χ1) is 9.08. The molecule has 0 fully saturated rings. The molecule has 0 saturated carbocycles. The number of anilines is 1. The van der Waals surface area contributed by atoms with E-state index in [0.29, 0.717) is 19.0 Å². The van der Waals surface area contributed by atoms with Crippen LogP contribution in [0.1, 0.15) is 20.3 Å². The Morgan fingerprint density at radius 2 is 1.95 bits per heavy atom. The van der Waals surface area contributed by atoms with Gasteiger partial charge in [-0.2, -0.15) is 0 Å². The summed E-state index contributed by atoms with van der Waals surface area (Å²) in [6.07, 6.45) is 0.865. The number of carbonyl (C=O) groups is 1. The summed E-state index contributed by atoms with van der Waals surface area (Å²) in [5, 5.41) is 12.2. The van der Waals surface area contributed by atoms with E-state index in [2.05, 4.69) is 5.32 Å². The predicted octanol–water partition coefficient (Wildman–Crippen LogP) is 2.37. The van der Waals surface area contributed by atoms with Gasteiger partial charge < -0.3 is 19.9 Å². The second-order valence-corrected chi connectivity index (χ2v) is 4.77. The molecule has 2 unspecified atom stereocenters. The third-order valence-electron chi connectivity index (χ3n) is 3.28. The zero-order chi connectivity index (χ0) is 13.8. The highest BCUT2D eigenvalue weighted by atomic mass is 16.5. The zero-order valence-electron chi connectivity index (χ0n) is 11.2. The molecule has 5 heteroatoms. The van der Waals surface area contributed by atoms with E-state index in [9.17, 15) is 4.79 Å². The number of hydrogen-bond donors (Lipinski definition) is 2. The van der Waals surface area contributed by atoms with Crippen molar-refractivity contribution in [3.63, 3.8) is 0 Å². The van der Waals surface area contributed by atoms with Crippen molar-refractivity contribution in [2.75, 3.05) is 18.5 Å². The molecule has 2 rings (SSSR count). The van der Waals surface area contributed by atoms with Crippen LogP contribution in [0, 0.1) is 5.92 Å². The Labute approximate surface area is 112 Å². The predicted molar refractivity (Wildman–Crippen MR) is 71.9 cm³/mol. The second-order valence-electron chi connectivity index (χ2n) is 4.77. The molecule has 0 aliphatic carbocycles. The Balaban J connectivity index is 2.09. The van der Waals surface area contributed by atoms with E-state index in [1.165, 1.54) is 0 Å². The molecule has 0 saturated heterocycles. The lowest BCUT2D eigenvalue weighted by Gasteiger charge is -2.19. The van der Waals surface area contributed by atoms with Gasteiger partial charge in [0.1, 0.15) is 0 Å². The van der Waals surface area contributed by atoms with Crippen molar-refractivity contribution < 1.29 is 19.4 Å². The average molecular weight is 265 g/mol. The number of fused-ring (bicyclic) bond motifs is 1. The highest BCUT2D eigenvalue weighted by Crippen LogP contribution is 2.32. The van der Waals surface area contributed by atoms with Crippen molar-refractivity contribution in [1.29, 1.82) is 0 Å². The summed E-state index contributed by atoms with van der Waals surface area (Å²) in [7, 11) is 0. The maximum absolute atomic E-state index is 10.9. The number of hydrogen-bond acceptors (Lipinski definition) is 4. The third-order valence-corrected chi connectivity index (χ3v) is 3.28. The fraction of sp³-hybridized carbons (Fsp3) is 0.500. The van der Waals surface area contributed by atoms with Crippen molar-refractivity contribution in [2.45, 2.75) is 26.3 Å². The molecule has 0 aromatic heterocycles. The molecule has 0 spiro atoms. The normalized spacial score (nSPS) is 17.2. The molecule has 1 aromatic rings. The number of aliphatic carboxylic acids is 1. The van der Waals surface area contributed by atoms with Gasteiger partial charge in [-0.15, -0.1) is 0 Å². The van der Waals surface area contributed by atoms with Crippen LogP contribution in [0.15, 0.2) is 18.2 Å². The molecule has 2 N–H and O–H groups in total. The van der Waals surface area contributed by atoms with Gasteiger partial charge in [0.15, 0.2) is 11.5 Å². The number of carboxylic acid groups (broad SMARTS) is 1. The Morgan fingerprint density at radius 3 is 2.63 bits per heavy atom. The number of carboxylic acids is 1. The van der Waals surface area contributed by atoms with Gasteiger partial charge in [-0.05, 0) is 26.0 Å². The Kier molecular flexibility index (Phi) is 4.14. The van der Waals surface area contributed by atoms with E-state index in [-0.39, 0.29) is 6.04 Å². The molecular weight excluding hydrogens is 246 g/mol. The largest absolute Gasteiger partial charge is 0.490 e. The summed E-state index contributed by atoms with van der Waals surface area (Å²) in [5.74, 6) is 0.171. The minimum Gasteiger partial charge on any atom is -0.490 e. The van der Waals surface area contributed by atoms with Gasteiger partial charge in [0, 0.05) is 24.2 Å². The molecule has 19 heavy (non-hydrogen) atoms. The fourth-order valence-corrected chi connectivity index (χ4v) is 1.85. The standard InChI is InChI=1S/C14H19NO4/c1-9(14(16)17)10(2)15-11-4-5-12-13(8-11)19-7-3-6-18-12/h4-5,8-10,15H,3,6-7H2,1-2H3,(H,16,17). The van der Waals surface area contributed by atoms with Crippen molar-refractivity contribution in [2.24, 2.45) is 5.92 Å². The third kappa shape index (κ3) is 3.30. The van der Waals surface area contributed by atoms with E-state index in [1.807, 2.05) is 25.1 Å². The van der Waals surface area contributed by atoms with E-state index in [4.69, 9.17) is 14.6 Å². The van der Waals surface area contributed by atoms with Gasteiger partial charge in [-0.1, -0.05) is 0 Å². The minimum atomic E-state index is -0.811. The maximum Gasteiger partial charge on any atom is 0.308 e. The highest BCUT2D eigenvalue weighted by molar-refractivity contribution is 5.71.